The molecule has 0 fully saturated rings. The van der Waals surface area contributed by atoms with E-state index in [0.717, 1.165) is 4.57 Å². The summed E-state index contributed by atoms with van der Waals surface area (Å²) in [5.74, 6) is -1.75. The Morgan fingerprint density at radius 3 is 2.60 bits per heavy atom. The first-order valence-corrected chi connectivity index (χ1v) is 4.35. The summed E-state index contributed by atoms with van der Waals surface area (Å²) < 4.78 is 0.890. The van der Waals surface area contributed by atoms with Crippen LogP contribution in [0.25, 0.3) is 0 Å². The van der Waals surface area contributed by atoms with Crippen molar-refractivity contribution in [1.82, 2.24) is 9.55 Å². The van der Waals surface area contributed by atoms with Gasteiger partial charge < -0.3 is 10.8 Å². The quantitative estimate of drug-likeness (QED) is 0.581. The van der Waals surface area contributed by atoms with Crippen LogP contribution in [0, 0.1) is 0 Å². The van der Waals surface area contributed by atoms with E-state index in [-0.39, 0.29) is 6.54 Å². The summed E-state index contributed by atoms with van der Waals surface area (Å²) in [4.78, 5) is 35.1. The maximum atomic E-state index is 11.2. The Morgan fingerprint density at radius 1 is 1.53 bits per heavy atom. The summed E-state index contributed by atoms with van der Waals surface area (Å²) >= 11 is 0. The van der Waals surface area contributed by atoms with E-state index in [1.165, 1.54) is 0 Å². The van der Waals surface area contributed by atoms with E-state index in [0.29, 0.717) is 6.42 Å². The molecule has 0 unspecified atom stereocenters. The molecule has 0 aliphatic rings. The summed E-state index contributed by atoms with van der Waals surface area (Å²) in [6, 6.07) is 0. The Hall–Kier alpha value is -2.05. The SMILES string of the molecule is CCCn1c(O)c(C(N)=O)c(=O)[nH]c1=O. The van der Waals surface area contributed by atoms with Crippen LogP contribution in [0.5, 0.6) is 5.88 Å². The Balaban J connectivity index is 3.56. The molecule has 0 aliphatic carbocycles. The molecule has 1 aromatic heterocycles. The molecule has 0 radical (unpaired) electrons. The Kier molecular flexibility index (Phi) is 2.93. The van der Waals surface area contributed by atoms with Gasteiger partial charge in [-0.25, -0.2) is 4.79 Å². The highest BCUT2D eigenvalue weighted by Crippen LogP contribution is 2.08. The molecule has 0 bridgehead atoms. The molecule has 7 heteroatoms. The normalized spacial score (nSPS) is 10.2. The minimum atomic E-state index is -1.07. The fraction of sp³-hybridized carbons (Fsp3) is 0.375. The standard InChI is InChI=1S/C8H11N3O4/c1-2-3-11-7(14)4(5(9)12)6(13)10-8(11)15/h14H,2-3H2,1H3,(H2,9,12)(H,10,13,15). The number of aromatic hydroxyl groups is 1. The number of aromatic nitrogens is 2. The Labute approximate surface area is 84.2 Å². The maximum absolute atomic E-state index is 11.2. The molecule has 15 heavy (non-hydrogen) atoms. The fourth-order valence-corrected chi connectivity index (χ4v) is 1.21. The second-order valence-electron chi connectivity index (χ2n) is 2.97. The van der Waals surface area contributed by atoms with Crippen LogP contribution >= 0.6 is 0 Å². The molecule has 1 rings (SSSR count). The minimum absolute atomic E-state index is 0.196. The van der Waals surface area contributed by atoms with Crippen LogP contribution in [0.2, 0.25) is 0 Å². The number of nitrogens with one attached hydrogen (secondary N) is 1. The fourth-order valence-electron chi connectivity index (χ4n) is 1.21. The Bertz CT molecular complexity index is 500. The highest BCUT2D eigenvalue weighted by molar-refractivity contribution is 5.94. The summed E-state index contributed by atoms with van der Waals surface area (Å²) in [6.45, 7) is 1.97. The van der Waals surface area contributed by atoms with Gasteiger partial charge in [-0.15, -0.1) is 0 Å². The smallest absolute Gasteiger partial charge is 0.331 e. The van der Waals surface area contributed by atoms with Crippen molar-refractivity contribution in [3.63, 3.8) is 0 Å². The summed E-state index contributed by atoms with van der Waals surface area (Å²) in [5.41, 5.74) is 2.57. The molecule has 0 saturated heterocycles. The van der Waals surface area contributed by atoms with Gasteiger partial charge in [0.15, 0.2) is 5.56 Å². The third kappa shape index (κ3) is 1.90. The van der Waals surface area contributed by atoms with Gasteiger partial charge in [-0.2, -0.15) is 0 Å². The van der Waals surface area contributed by atoms with Gasteiger partial charge in [0, 0.05) is 6.54 Å². The lowest BCUT2D eigenvalue weighted by Gasteiger charge is -2.07. The van der Waals surface area contributed by atoms with Crippen molar-refractivity contribution in [3.05, 3.63) is 26.4 Å². The third-order valence-electron chi connectivity index (χ3n) is 1.87. The van der Waals surface area contributed by atoms with Crippen LogP contribution in [0.3, 0.4) is 0 Å². The summed E-state index contributed by atoms with van der Waals surface area (Å²) in [6.07, 6.45) is 0.567. The molecule has 0 aliphatic heterocycles. The molecule has 1 aromatic rings. The molecule has 82 valence electrons. The van der Waals surface area contributed by atoms with Gasteiger partial charge in [0.1, 0.15) is 0 Å². The van der Waals surface area contributed by atoms with E-state index in [9.17, 15) is 19.5 Å². The second-order valence-corrected chi connectivity index (χ2v) is 2.97. The molecule has 0 atom stereocenters. The molecule has 4 N–H and O–H groups in total. The Morgan fingerprint density at radius 2 is 2.13 bits per heavy atom. The number of amides is 1. The van der Waals surface area contributed by atoms with Gasteiger partial charge in [-0.05, 0) is 6.42 Å². The van der Waals surface area contributed by atoms with E-state index in [1.807, 2.05) is 4.98 Å². The van der Waals surface area contributed by atoms with Gasteiger partial charge >= 0.3 is 5.69 Å². The lowest BCUT2D eigenvalue weighted by Crippen LogP contribution is -2.35. The van der Waals surface area contributed by atoms with E-state index in [4.69, 9.17) is 5.73 Å². The predicted molar refractivity (Wildman–Crippen MR) is 51.8 cm³/mol. The minimum Gasteiger partial charge on any atom is -0.494 e. The number of hydrogen-bond donors (Lipinski definition) is 3. The lowest BCUT2D eigenvalue weighted by atomic mass is 10.3. The van der Waals surface area contributed by atoms with Gasteiger partial charge in [0.25, 0.3) is 11.5 Å². The number of carbonyl (C=O) groups excluding carboxylic acids is 1. The molecular formula is C8H11N3O4. The van der Waals surface area contributed by atoms with Crippen molar-refractivity contribution in [2.45, 2.75) is 19.9 Å². The van der Waals surface area contributed by atoms with Crippen molar-refractivity contribution in [2.24, 2.45) is 5.73 Å². The average Bonchev–Trinajstić information content (AvgIpc) is 2.11. The third-order valence-corrected chi connectivity index (χ3v) is 1.87. The maximum Gasteiger partial charge on any atom is 0.331 e. The lowest BCUT2D eigenvalue weighted by molar-refractivity contribution is 0.0994. The molecule has 7 nitrogen and oxygen atoms in total. The van der Waals surface area contributed by atoms with Gasteiger partial charge in [-0.3, -0.25) is 19.1 Å². The van der Waals surface area contributed by atoms with Crippen molar-refractivity contribution in [3.8, 4) is 5.88 Å². The number of H-pyrrole nitrogens is 1. The van der Waals surface area contributed by atoms with E-state index >= 15 is 0 Å². The van der Waals surface area contributed by atoms with Crippen molar-refractivity contribution in [1.29, 1.82) is 0 Å². The highest BCUT2D eigenvalue weighted by Gasteiger charge is 2.17. The van der Waals surface area contributed by atoms with Crippen LogP contribution in [0.4, 0.5) is 0 Å². The first-order valence-electron chi connectivity index (χ1n) is 4.35. The largest absolute Gasteiger partial charge is 0.494 e. The molecule has 1 heterocycles. The molecular weight excluding hydrogens is 202 g/mol. The monoisotopic (exact) mass is 213 g/mol. The van der Waals surface area contributed by atoms with E-state index in [1.54, 1.807) is 6.92 Å². The van der Waals surface area contributed by atoms with Crippen LogP contribution in [0.1, 0.15) is 23.7 Å². The average molecular weight is 213 g/mol. The first kappa shape index (κ1) is 11.0. The van der Waals surface area contributed by atoms with Crippen molar-refractivity contribution in [2.75, 3.05) is 0 Å². The second kappa shape index (κ2) is 3.99. The summed E-state index contributed by atoms with van der Waals surface area (Å²) in [5, 5.41) is 9.49. The molecule has 1 amide bonds. The van der Waals surface area contributed by atoms with Crippen LogP contribution < -0.4 is 17.0 Å². The van der Waals surface area contributed by atoms with Gasteiger partial charge in [0.05, 0.1) is 0 Å². The van der Waals surface area contributed by atoms with Crippen LogP contribution in [-0.4, -0.2) is 20.6 Å². The van der Waals surface area contributed by atoms with Crippen LogP contribution in [-0.2, 0) is 6.54 Å². The van der Waals surface area contributed by atoms with E-state index in [2.05, 4.69) is 0 Å². The zero-order valence-corrected chi connectivity index (χ0v) is 8.11. The van der Waals surface area contributed by atoms with Gasteiger partial charge in [0.2, 0.25) is 5.88 Å². The number of nitrogens with zero attached hydrogens (tertiary/aromatic N) is 1. The van der Waals surface area contributed by atoms with Crippen molar-refractivity contribution < 1.29 is 9.90 Å². The number of carbonyl (C=O) groups is 1. The highest BCUT2D eigenvalue weighted by atomic mass is 16.3. The molecule has 0 spiro atoms. The summed E-state index contributed by atoms with van der Waals surface area (Å²) in [7, 11) is 0. The zero-order valence-electron chi connectivity index (χ0n) is 8.11. The van der Waals surface area contributed by atoms with Crippen molar-refractivity contribution >= 4 is 5.91 Å². The number of aromatic amines is 1. The first-order chi connectivity index (χ1) is 6.99. The predicted octanol–water partition coefficient (Wildman–Crippen LogP) is -1.25. The number of rotatable bonds is 3. The topological polar surface area (TPSA) is 118 Å². The number of hydrogen-bond acceptors (Lipinski definition) is 4. The van der Waals surface area contributed by atoms with Crippen LogP contribution in [0.15, 0.2) is 9.59 Å². The van der Waals surface area contributed by atoms with Gasteiger partial charge in [-0.1, -0.05) is 6.92 Å². The van der Waals surface area contributed by atoms with E-state index < -0.39 is 28.6 Å². The number of nitrogens with two attached hydrogens (primary N) is 1. The number of primary amides is 1. The zero-order chi connectivity index (χ0) is 11.6. The molecule has 0 aromatic carbocycles. The molecule has 0 saturated carbocycles.